The molecule has 4 aromatic rings. The molecule has 1 amide bonds. The molecule has 0 spiro atoms. The smallest absolute Gasteiger partial charge is 0.238 e. The van der Waals surface area contributed by atoms with Crippen LogP contribution in [0, 0.1) is 0 Å². The summed E-state index contributed by atoms with van der Waals surface area (Å²) in [6, 6.07) is 14.9. The Labute approximate surface area is 177 Å². The molecule has 4 rings (SSSR count). The van der Waals surface area contributed by atoms with Gasteiger partial charge in [-0.05, 0) is 42.0 Å². The first-order chi connectivity index (χ1) is 14.3. The predicted octanol–water partition coefficient (Wildman–Crippen LogP) is 2.90. The number of hydrogen-bond acceptors (Lipinski definition) is 5. The monoisotopic (exact) mass is 441 g/mol. The minimum absolute atomic E-state index is 0.0309. The second kappa shape index (κ2) is 7.86. The largest absolute Gasteiger partial charge is 0.326 e. The van der Waals surface area contributed by atoms with Crippen molar-refractivity contribution in [3.05, 3.63) is 77.6 Å². The molecule has 8 nitrogen and oxygen atoms in total. The number of hydrogen-bond donors (Lipinski definition) is 2. The molecule has 0 fully saturated rings. The highest BCUT2D eigenvalue weighted by Crippen LogP contribution is 2.27. The molecule has 152 valence electrons. The van der Waals surface area contributed by atoms with E-state index < -0.39 is 10.0 Å². The molecule has 0 aliphatic rings. The summed E-state index contributed by atoms with van der Waals surface area (Å²) in [4.78, 5) is 16.8. The normalized spacial score (nSPS) is 11.5. The Balaban J connectivity index is 1.73. The van der Waals surface area contributed by atoms with Crippen LogP contribution < -0.4 is 10.5 Å². The van der Waals surface area contributed by atoms with E-state index in [1.165, 1.54) is 6.07 Å². The number of benzene rings is 2. The van der Waals surface area contributed by atoms with Gasteiger partial charge in [-0.3, -0.25) is 4.79 Å². The third-order valence-electron chi connectivity index (χ3n) is 4.39. The topological polar surface area (TPSA) is 120 Å². The predicted molar refractivity (Wildman–Crippen MR) is 114 cm³/mol. The Morgan fingerprint density at radius 2 is 1.93 bits per heavy atom. The minimum Gasteiger partial charge on any atom is -0.326 e. The molecule has 2 heterocycles. The van der Waals surface area contributed by atoms with Crippen LogP contribution >= 0.6 is 11.6 Å². The molecule has 0 saturated heterocycles. The van der Waals surface area contributed by atoms with Crippen LogP contribution in [0.1, 0.15) is 5.56 Å². The Kier molecular flexibility index (Phi) is 5.25. The van der Waals surface area contributed by atoms with Gasteiger partial charge in [0.05, 0.1) is 16.8 Å². The number of pyridine rings is 1. The second-order valence-electron chi connectivity index (χ2n) is 6.52. The summed E-state index contributed by atoms with van der Waals surface area (Å²) in [6.07, 6.45) is 3.35. The lowest BCUT2D eigenvalue weighted by Crippen LogP contribution is -2.17. The van der Waals surface area contributed by atoms with Gasteiger partial charge in [-0.1, -0.05) is 29.8 Å². The maximum Gasteiger partial charge on any atom is 0.238 e. The molecular weight excluding hydrogens is 426 g/mol. The summed E-state index contributed by atoms with van der Waals surface area (Å²) >= 11 is 6.11. The maximum atomic E-state index is 12.5. The van der Waals surface area contributed by atoms with Crippen molar-refractivity contribution in [3.8, 4) is 5.82 Å². The van der Waals surface area contributed by atoms with Crippen molar-refractivity contribution in [1.29, 1.82) is 0 Å². The average molecular weight is 442 g/mol. The van der Waals surface area contributed by atoms with Crippen molar-refractivity contribution in [3.63, 3.8) is 0 Å². The van der Waals surface area contributed by atoms with E-state index in [2.05, 4.69) is 15.4 Å². The number of halogens is 1. The summed E-state index contributed by atoms with van der Waals surface area (Å²) in [5, 5.41) is 13.0. The van der Waals surface area contributed by atoms with Crippen molar-refractivity contribution in [2.75, 3.05) is 5.32 Å². The SMILES string of the molecule is NS(=O)(=O)c1cc(NC(=O)Cc2ccccc2Cl)cc2nc(-n3cccn3)ccc12. The third kappa shape index (κ3) is 4.18. The number of carbonyl (C=O) groups is 1. The fraction of sp³-hybridized carbons (Fsp3) is 0.0500. The van der Waals surface area contributed by atoms with Crippen LogP contribution in [0.3, 0.4) is 0 Å². The molecular formula is C20H16ClN5O3S. The van der Waals surface area contributed by atoms with Crippen LogP contribution in [0.5, 0.6) is 0 Å². The number of amides is 1. The van der Waals surface area contributed by atoms with Gasteiger partial charge in [0.2, 0.25) is 15.9 Å². The summed E-state index contributed by atoms with van der Waals surface area (Å²) in [5.41, 5.74) is 1.26. The first-order valence-corrected chi connectivity index (χ1v) is 10.7. The second-order valence-corrected chi connectivity index (χ2v) is 8.46. The number of aromatic nitrogens is 3. The van der Waals surface area contributed by atoms with Gasteiger partial charge in [0, 0.05) is 28.5 Å². The van der Waals surface area contributed by atoms with E-state index in [1.807, 2.05) is 0 Å². The molecule has 0 unspecified atom stereocenters. The van der Waals surface area contributed by atoms with Gasteiger partial charge in [0.25, 0.3) is 0 Å². The number of nitrogens with two attached hydrogens (primary N) is 1. The van der Waals surface area contributed by atoms with Gasteiger partial charge in [0.15, 0.2) is 5.82 Å². The van der Waals surface area contributed by atoms with Crippen LogP contribution in [0.2, 0.25) is 5.02 Å². The van der Waals surface area contributed by atoms with Crippen molar-refractivity contribution in [2.24, 2.45) is 5.14 Å². The van der Waals surface area contributed by atoms with Crippen LogP contribution in [-0.2, 0) is 21.2 Å². The molecule has 0 aliphatic heterocycles. The fourth-order valence-electron chi connectivity index (χ4n) is 3.05. The molecule has 0 aliphatic carbocycles. The van der Waals surface area contributed by atoms with Crippen molar-refractivity contribution < 1.29 is 13.2 Å². The van der Waals surface area contributed by atoms with E-state index in [1.54, 1.807) is 65.6 Å². The molecule has 3 N–H and O–H groups in total. The van der Waals surface area contributed by atoms with E-state index in [-0.39, 0.29) is 22.9 Å². The lowest BCUT2D eigenvalue weighted by atomic mass is 10.1. The highest BCUT2D eigenvalue weighted by Gasteiger charge is 2.17. The number of nitrogens with zero attached hydrogens (tertiary/aromatic N) is 3. The molecule has 0 saturated carbocycles. The number of nitrogens with one attached hydrogen (secondary N) is 1. The van der Waals surface area contributed by atoms with Crippen LogP contribution in [0.15, 0.2) is 71.9 Å². The standard InChI is InChI=1S/C20H16ClN5O3S/c21-16-5-2-1-4-13(16)10-20(27)24-14-11-17-15(18(12-14)30(22,28)29)6-7-19(25-17)26-9-3-8-23-26/h1-9,11-12H,10H2,(H,24,27)(H2,22,28,29). The lowest BCUT2D eigenvalue weighted by molar-refractivity contribution is -0.115. The number of anilines is 1. The molecule has 0 bridgehead atoms. The minimum atomic E-state index is -4.05. The maximum absolute atomic E-state index is 12.5. The number of fused-ring (bicyclic) bond motifs is 1. The van der Waals surface area contributed by atoms with E-state index >= 15 is 0 Å². The number of carbonyl (C=O) groups excluding carboxylic acids is 1. The molecule has 2 aromatic carbocycles. The van der Waals surface area contributed by atoms with Gasteiger partial charge in [-0.2, -0.15) is 5.10 Å². The van der Waals surface area contributed by atoms with E-state index in [0.717, 1.165) is 0 Å². The highest BCUT2D eigenvalue weighted by molar-refractivity contribution is 7.89. The van der Waals surface area contributed by atoms with Gasteiger partial charge in [-0.25, -0.2) is 23.2 Å². The fourth-order valence-corrected chi connectivity index (χ4v) is 4.02. The summed E-state index contributed by atoms with van der Waals surface area (Å²) in [6.45, 7) is 0. The van der Waals surface area contributed by atoms with Gasteiger partial charge in [-0.15, -0.1) is 0 Å². The van der Waals surface area contributed by atoms with Crippen molar-refractivity contribution in [2.45, 2.75) is 11.3 Å². The average Bonchev–Trinajstić information content (AvgIpc) is 3.23. The van der Waals surface area contributed by atoms with Gasteiger partial charge in [0.1, 0.15) is 0 Å². The Hall–Kier alpha value is -3.27. The van der Waals surface area contributed by atoms with Crippen molar-refractivity contribution >= 4 is 44.1 Å². The van der Waals surface area contributed by atoms with Gasteiger partial charge >= 0.3 is 0 Å². The molecule has 0 radical (unpaired) electrons. The summed E-state index contributed by atoms with van der Waals surface area (Å²) in [5.74, 6) is 0.137. The van der Waals surface area contributed by atoms with Crippen LogP contribution in [0.4, 0.5) is 5.69 Å². The molecule has 30 heavy (non-hydrogen) atoms. The van der Waals surface area contributed by atoms with Crippen molar-refractivity contribution in [1.82, 2.24) is 14.8 Å². The molecule has 2 aromatic heterocycles. The quantitative estimate of drug-likeness (QED) is 0.493. The third-order valence-corrected chi connectivity index (χ3v) is 5.71. The first-order valence-electron chi connectivity index (χ1n) is 8.82. The molecule has 10 heteroatoms. The zero-order chi connectivity index (χ0) is 21.3. The molecule has 0 atom stereocenters. The van der Waals surface area contributed by atoms with Gasteiger partial charge < -0.3 is 5.32 Å². The summed E-state index contributed by atoms with van der Waals surface area (Å²) < 4.78 is 25.8. The number of primary sulfonamides is 1. The Bertz CT molecular complexity index is 1350. The van der Waals surface area contributed by atoms with E-state index in [9.17, 15) is 13.2 Å². The Morgan fingerprint density at radius 3 is 2.63 bits per heavy atom. The number of sulfonamides is 1. The Morgan fingerprint density at radius 1 is 1.13 bits per heavy atom. The zero-order valence-electron chi connectivity index (χ0n) is 15.5. The lowest BCUT2D eigenvalue weighted by Gasteiger charge is -2.11. The zero-order valence-corrected chi connectivity index (χ0v) is 17.1. The first kappa shape index (κ1) is 20.0. The number of rotatable bonds is 5. The van der Waals surface area contributed by atoms with E-state index in [4.69, 9.17) is 16.7 Å². The van der Waals surface area contributed by atoms with Crippen LogP contribution in [0.25, 0.3) is 16.7 Å². The highest BCUT2D eigenvalue weighted by atomic mass is 35.5. The summed E-state index contributed by atoms with van der Waals surface area (Å²) in [7, 11) is -4.05. The van der Waals surface area contributed by atoms with E-state index in [0.29, 0.717) is 27.3 Å². The van der Waals surface area contributed by atoms with Crippen LogP contribution in [-0.4, -0.2) is 29.1 Å².